The Labute approximate surface area is 227 Å². The first kappa shape index (κ1) is 25.9. The average Bonchev–Trinajstić information content (AvgIpc) is 3.18. The molecule has 3 aromatic carbocycles. The predicted octanol–water partition coefficient (Wildman–Crippen LogP) is 6.41. The molecule has 196 valence electrons. The van der Waals surface area contributed by atoms with Crippen LogP contribution in [0.1, 0.15) is 52.0 Å². The maximum Gasteiger partial charge on any atom is 0.258 e. The second-order valence-electron chi connectivity index (χ2n) is 10.2. The lowest BCUT2D eigenvalue weighted by molar-refractivity contribution is 0.0984. The lowest BCUT2D eigenvalue weighted by atomic mass is 9.76. The summed E-state index contributed by atoms with van der Waals surface area (Å²) in [4.78, 5) is 28.2. The van der Waals surface area contributed by atoms with E-state index in [1.807, 2.05) is 42.2 Å². The van der Waals surface area contributed by atoms with Crippen LogP contribution in [0.5, 0.6) is 0 Å². The zero-order valence-corrected chi connectivity index (χ0v) is 22.3. The van der Waals surface area contributed by atoms with Gasteiger partial charge >= 0.3 is 0 Å². The van der Waals surface area contributed by atoms with Crippen LogP contribution in [-0.2, 0) is 6.42 Å². The van der Waals surface area contributed by atoms with Gasteiger partial charge in [0, 0.05) is 48.7 Å². The predicted molar refractivity (Wildman–Crippen MR) is 150 cm³/mol. The highest BCUT2D eigenvalue weighted by atomic mass is 35.5. The first-order valence-corrected chi connectivity index (χ1v) is 13.2. The molecule has 0 saturated heterocycles. The van der Waals surface area contributed by atoms with E-state index in [0.29, 0.717) is 17.8 Å². The summed E-state index contributed by atoms with van der Waals surface area (Å²) >= 11 is 6.06. The van der Waals surface area contributed by atoms with Gasteiger partial charge in [-0.2, -0.15) is 5.10 Å². The summed E-state index contributed by atoms with van der Waals surface area (Å²) in [6.45, 7) is 0.596. The van der Waals surface area contributed by atoms with Gasteiger partial charge in [-0.3, -0.25) is 9.59 Å². The van der Waals surface area contributed by atoms with Crippen molar-refractivity contribution in [3.8, 4) is 0 Å². The van der Waals surface area contributed by atoms with Crippen LogP contribution in [0, 0.1) is 11.2 Å². The number of anilines is 2. The number of halogens is 2. The van der Waals surface area contributed by atoms with Gasteiger partial charge in [-0.25, -0.2) is 4.39 Å². The Morgan fingerprint density at radius 3 is 2.58 bits per heavy atom. The van der Waals surface area contributed by atoms with E-state index in [1.165, 1.54) is 17.8 Å². The number of rotatable bonds is 4. The summed E-state index contributed by atoms with van der Waals surface area (Å²) in [5, 5.41) is 9.60. The van der Waals surface area contributed by atoms with E-state index in [4.69, 9.17) is 16.7 Å². The van der Waals surface area contributed by atoms with Crippen LogP contribution in [0.3, 0.4) is 0 Å². The van der Waals surface area contributed by atoms with Gasteiger partial charge in [-0.05, 0) is 86.2 Å². The number of para-hydroxylation sites is 1. The number of amides is 2. The molecule has 1 aliphatic carbocycles. The number of benzene rings is 3. The molecule has 1 saturated carbocycles. The van der Waals surface area contributed by atoms with E-state index >= 15 is 0 Å². The van der Waals surface area contributed by atoms with Gasteiger partial charge in [0.2, 0.25) is 0 Å². The Morgan fingerprint density at radius 2 is 1.82 bits per heavy atom. The minimum Gasteiger partial charge on any atom is -0.322 e. The Bertz CT molecular complexity index is 1410. The third-order valence-electron chi connectivity index (χ3n) is 7.43. The highest BCUT2D eigenvalue weighted by Gasteiger charge is 2.43. The molecule has 6 nitrogen and oxygen atoms in total. The lowest BCUT2D eigenvalue weighted by Crippen LogP contribution is -2.35. The fraction of sp³-hybridized carbons (Fsp3) is 0.300. The number of carbonyl (C=O) groups excluding carboxylic acids is 2. The topological polar surface area (TPSA) is 65.0 Å². The summed E-state index contributed by atoms with van der Waals surface area (Å²) < 4.78 is 13.6. The highest BCUT2D eigenvalue weighted by Crippen LogP contribution is 2.46. The van der Waals surface area contributed by atoms with E-state index in [9.17, 15) is 14.0 Å². The average molecular weight is 533 g/mol. The molecule has 1 unspecified atom stereocenters. The van der Waals surface area contributed by atoms with Gasteiger partial charge in [0.15, 0.2) is 0 Å². The second-order valence-corrected chi connectivity index (χ2v) is 10.6. The van der Waals surface area contributed by atoms with Crippen LogP contribution in [0.4, 0.5) is 15.8 Å². The Kier molecular flexibility index (Phi) is 7.21. The maximum atomic E-state index is 13.8. The first-order valence-electron chi connectivity index (χ1n) is 12.8. The van der Waals surface area contributed by atoms with Crippen LogP contribution in [-0.4, -0.2) is 43.2 Å². The summed E-state index contributed by atoms with van der Waals surface area (Å²) in [5.74, 6) is -1.16. The smallest absolute Gasteiger partial charge is 0.258 e. The van der Waals surface area contributed by atoms with Crippen molar-refractivity contribution in [1.82, 2.24) is 5.01 Å². The number of fused-ring (bicyclic) bond motifs is 1. The van der Waals surface area contributed by atoms with Crippen molar-refractivity contribution in [1.29, 1.82) is 0 Å². The zero-order valence-electron chi connectivity index (χ0n) is 21.5. The van der Waals surface area contributed by atoms with E-state index < -0.39 is 11.7 Å². The summed E-state index contributed by atoms with van der Waals surface area (Å²) in [6, 6.07) is 18.5. The number of carbonyl (C=O) groups is 2. The molecule has 0 bridgehead atoms. The summed E-state index contributed by atoms with van der Waals surface area (Å²) in [7, 11) is 3.91. The van der Waals surface area contributed by atoms with Gasteiger partial charge in [-0.15, -0.1) is 0 Å². The van der Waals surface area contributed by atoms with Gasteiger partial charge in [-0.1, -0.05) is 29.8 Å². The van der Waals surface area contributed by atoms with Gasteiger partial charge < -0.3 is 15.2 Å². The molecule has 2 amide bonds. The van der Waals surface area contributed by atoms with Crippen molar-refractivity contribution in [2.24, 2.45) is 10.5 Å². The Balaban J connectivity index is 1.37. The van der Waals surface area contributed by atoms with E-state index in [2.05, 4.69) is 11.4 Å². The fourth-order valence-corrected chi connectivity index (χ4v) is 5.82. The minimum atomic E-state index is -0.544. The van der Waals surface area contributed by atoms with Gasteiger partial charge in [0.05, 0.1) is 10.6 Å². The molecule has 1 atom stereocenters. The molecule has 1 N–H and O–H groups in total. The lowest BCUT2D eigenvalue weighted by Gasteiger charge is -2.29. The third-order valence-corrected chi connectivity index (χ3v) is 7.76. The molecule has 1 aliphatic heterocycles. The van der Waals surface area contributed by atoms with Crippen LogP contribution in [0.25, 0.3) is 0 Å². The third kappa shape index (κ3) is 5.16. The van der Waals surface area contributed by atoms with Crippen molar-refractivity contribution < 1.29 is 14.0 Å². The molecule has 3 aromatic rings. The molecular weight excluding hydrogens is 503 g/mol. The first-order chi connectivity index (χ1) is 18.3. The molecule has 0 radical (unpaired) electrons. The number of nitrogens with one attached hydrogen (secondary N) is 1. The number of hydrogen-bond acceptors (Lipinski definition) is 4. The van der Waals surface area contributed by atoms with Gasteiger partial charge in [0.25, 0.3) is 11.8 Å². The quantitative estimate of drug-likeness (QED) is 0.395. The van der Waals surface area contributed by atoms with E-state index in [-0.39, 0.29) is 21.9 Å². The maximum absolute atomic E-state index is 13.8. The monoisotopic (exact) mass is 532 g/mol. The molecule has 8 heteroatoms. The number of hydrogen-bond donors (Lipinski definition) is 1. The van der Waals surface area contributed by atoms with Crippen molar-refractivity contribution in [2.45, 2.75) is 32.1 Å². The molecule has 2 aliphatic rings. The second kappa shape index (κ2) is 10.6. The van der Waals surface area contributed by atoms with Crippen molar-refractivity contribution in [3.05, 3.63) is 94.3 Å². The van der Waals surface area contributed by atoms with Crippen molar-refractivity contribution in [2.75, 3.05) is 30.9 Å². The normalized spacial score (nSPS) is 19.8. The Hall–Kier alpha value is -3.71. The van der Waals surface area contributed by atoms with Crippen LogP contribution >= 0.6 is 11.6 Å². The van der Waals surface area contributed by atoms with E-state index in [0.717, 1.165) is 49.4 Å². The molecule has 38 heavy (non-hydrogen) atoms. The Morgan fingerprint density at radius 1 is 1.05 bits per heavy atom. The fourth-order valence-electron chi connectivity index (χ4n) is 5.62. The zero-order chi connectivity index (χ0) is 26.9. The molecule has 1 spiro atoms. The SMILES string of the molecule is CN(C)/N=C1\CCCC12CCN(C(=O)c1ccc(NC(=O)c3cc(F)ccc3Cl)cc1)c1ccccc1C2. The summed E-state index contributed by atoms with van der Waals surface area (Å²) in [6.07, 6.45) is 4.88. The van der Waals surface area contributed by atoms with E-state index in [1.54, 1.807) is 24.3 Å². The highest BCUT2D eigenvalue weighted by molar-refractivity contribution is 6.34. The van der Waals surface area contributed by atoms with Crippen molar-refractivity contribution >= 4 is 40.5 Å². The minimum absolute atomic E-state index is 0.0400. The van der Waals surface area contributed by atoms with Crippen molar-refractivity contribution in [3.63, 3.8) is 0 Å². The largest absolute Gasteiger partial charge is 0.322 e. The van der Waals surface area contributed by atoms with Crippen LogP contribution in [0.2, 0.25) is 5.02 Å². The summed E-state index contributed by atoms with van der Waals surface area (Å²) in [5.41, 5.74) is 4.33. The standard InChI is InChI=1S/C30H30ClFN4O2/c1-35(2)34-27-8-5-15-30(27)16-17-36(26-7-4-3-6-21(26)19-30)29(38)20-9-12-23(13-10-20)33-28(37)24-18-22(32)11-14-25(24)31/h3-4,6-7,9-14,18H,5,8,15-17,19H2,1-2H3,(H,33,37)/b34-27+. The number of hydrazone groups is 1. The van der Waals surface area contributed by atoms with Crippen LogP contribution in [0.15, 0.2) is 71.8 Å². The number of nitrogens with zero attached hydrogens (tertiary/aromatic N) is 3. The van der Waals surface area contributed by atoms with Crippen LogP contribution < -0.4 is 10.2 Å². The molecule has 5 rings (SSSR count). The molecule has 0 aromatic heterocycles. The molecular formula is C30H30ClFN4O2. The van der Waals surface area contributed by atoms with Gasteiger partial charge in [0.1, 0.15) is 5.82 Å². The molecule has 1 fully saturated rings. The molecule has 1 heterocycles.